The molecule has 0 spiro atoms. The molecule has 1 aromatic carbocycles. The Kier molecular flexibility index (Phi) is 3.63. The highest BCUT2D eigenvalue weighted by molar-refractivity contribution is 5.64. The van der Waals surface area contributed by atoms with E-state index in [1.807, 2.05) is 31.3 Å². The number of para-hydroxylation sites is 1. The van der Waals surface area contributed by atoms with Crippen LogP contribution in [0.25, 0.3) is 0 Å². The summed E-state index contributed by atoms with van der Waals surface area (Å²) >= 11 is 0. The number of aryl methyl sites for hydroxylation is 1. The van der Waals surface area contributed by atoms with Crippen LogP contribution in [0.4, 0.5) is 11.4 Å². The molecule has 0 fully saturated rings. The van der Waals surface area contributed by atoms with E-state index >= 15 is 0 Å². The Balaban J connectivity index is 2.29. The zero-order valence-corrected chi connectivity index (χ0v) is 11.0. The van der Waals surface area contributed by atoms with E-state index in [-0.39, 0.29) is 0 Å². The Morgan fingerprint density at radius 2 is 1.89 bits per heavy atom. The molecule has 0 unspecified atom stereocenters. The summed E-state index contributed by atoms with van der Waals surface area (Å²) in [6.07, 6.45) is 1.26. The molecule has 0 bridgehead atoms. The van der Waals surface area contributed by atoms with Crippen molar-refractivity contribution in [3.8, 4) is 0 Å². The Bertz CT molecular complexity index is 520. The number of anilines is 2. The summed E-state index contributed by atoms with van der Waals surface area (Å²) in [6.45, 7) is 3.80. The maximum absolute atomic E-state index is 9.44. The van der Waals surface area contributed by atoms with Crippen molar-refractivity contribution in [3.63, 3.8) is 0 Å². The molecule has 94 valence electrons. The predicted molar refractivity (Wildman–Crippen MR) is 74.1 cm³/mol. The minimum Gasteiger partial charge on any atom is -0.387 e. The molecular weight excluding hydrogens is 224 g/mol. The van der Waals surface area contributed by atoms with E-state index in [9.17, 15) is 5.11 Å². The first-order valence-electron chi connectivity index (χ1n) is 6.03. The zero-order chi connectivity index (χ0) is 13.1. The third-order valence-corrected chi connectivity index (χ3v) is 3.06. The number of rotatable bonds is 3. The highest BCUT2D eigenvalue weighted by Crippen LogP contribution is 2.26. The van der Waals surface area contributed by atoms with Gasteiger partial charge in [0.2, 0.25) is 0 Å². The number of aromatic nitrogens is 1. The maximum Gasteiger partial charge on any atom is 0.0931 e. The number of benzene rings is 1. The summed E-state index contributed by atoms with van der Waals surface area (Å²) in [5, 5.41) is 9.44. The zero-order valence-electron chi connectivity index (χ0n) is 11.0. The van der Waals surface area contributed by atoms with Crippen LogP contribution in [0.5, 0.6) is 0 Å². The molecule has 2 rings (SSSR count). The summed E-state index contributed by atoms with van der Waals surface area (Å²) in [5.41, 5.74) is 4.08. The van der Waals surface area contributed by atoms with Gasteiger partial charge >= 0.3 is 0 Å². The van der Waals surface area contributed by atoms with Gasteiger partial charge in [0, 0.05) is 12.7 Å². The molecule has 1 atom stereocenters. The first-order valence-corrected chi connectivity index (χ1v) is 6.03. The fourth-order valence-corrected chi connectivity index (χ4v) is 1.92. The largest absolute Gasteiger partial charge is 0.387 e. The van der Waals surface area contributed by atoms with Crippen molar-refractivity contribution in [1.82, 2.24) is 4.98 Å². The molecule has 1 aromatic heterocycles. The number of aliphatic hydroxyl groups excluding tert-OH is 1. The normalized spacial score (nSPS) is 12.2. The second kappa shape index (κ2) is 5.19. The SMILES string of the molecule is Cc1ccccc1N(C)c1ccc([C@H](C)O)nc1. The average molecular weight is 242 g/mol. The lowest BCUT2D eigenvalue weighted by molar-refractivity contribution is 0.194. The Labute approximate surface area is 108 Å². The minimum atomic E-state index is -0.525. The second-order valence-corrected chi connectivity index (χ2v) is 4.46. The number of hydrogen-bond acceptors (Lipinski definition) is 3. The van der Waals surface area contributed by atoms with Gasteiger partial charge in [0.05, 0.1) is 23.7 Å². The average Bonchev–Trinajstić information content (AvgIpc) is 2.38. The molecule has 0 radical (unpaired) electrons. The fourth-order valence-electron chi connectivity index (χ4n) is 1.92. The molecule has 0 aliphatic carbocycles. The van der Waals surface area contributed by atoms with Gasteiger partial charge in [0.1, 0.15) is 0 Å². The van der Waals surface area contributed by atoms with Crippen molar-refractivity contribution in [2.24, 2.45) is 0 Å². The molecule has 18 heavy (non-hydrogen) atoms. The molecule has 0 saturated heterocycles. The summed E-state index contributed by atoms with van der Waals surface area (Å²) in [7, 11) is 2.02. The molecule has 0 aliphatic heterocycles. The van der Waals surface area contributed by atoms with Gasteiger partial charge < -0.3 is 10.0 Å². The lowest BCUT2D eigenvalue weighted by Crippen LogP contribution is -2.11. The monoisotopic (exact) mass is 242 g/mol. The Morgan fingerprint density at radius 3 is 2.44 bits per heavy atom. The quantitative estimate of drug-likeness (QED) is 0.897. The standard InChI is InChI=1S/C15H18N2O/c1-11-6-4-5-7-15(11)17(3)13-8-9-14(12(2)18)16-10-13/h4-10,12,18H,1-3H3/t12-/m0/s1. The molecule has 0 amide bonds. The van der Waals surface area contributed by atoms with Crippen LogP contribution >= 0.6 is 0 Å². The van der Waals surface area contributed by atoms with Gasteiger partial charge in [-0.05, 0) is 37.6 Å². The van der Waals surface area contributed by atoms with E-state index in [4.69, 9.17) is 0 Å². The molecule has 3 nitrogen and oxygen atoms in total. The van der Waals surface area contributed by atoms with Crippen LogP contribution in [0.15, 0.2) is 42.6 Å². The molecule has 0 saturated carbocycles. The van der Waals surface area contributed by atoms with Crippen molar-refractivity contribution in [2.75, 3.05) is 11.9 Å². The van der Waals surface area contributed by atoms with Crippen molar-refractivity contribution < 1.29 is 5.11 Å². The molecule has 1 N–H and O–H groups in total. The number of pyridine rings is 1. The van der Waals surface area contributed by atoms with Crippen LogP contribution in [0.2, 0.25) is 0 Å². The first kappa shape index (κ1) is 12.6. The van der Waals surface area contributed by atoms with E-state index in [0.29, 0.717) is 5.69 Å². The summed E-state index contributed by atoms with van der Waals surface area (Å²) in [6, 6.07) is 12.1. The summed E-state index contributed by atoms with van der Waals surface area (Å²) in [5.74, 6) is 0. The van der Waals surface area contributed by atoms with E-state index in [2.05, 4.69) is 28.9 Å². The van der Waals surface area contributed by atoms with E-state index in [1.54, 1.807) is 13.1 Å². The Hall–Kier alpha value is -1.87. The van der Waals surface area contributed by atoms with Crippen molar-refractivity contribution >= 4 is 11.4 Å². The first-order chi connectivity index (χ1) is 8.59. The van der Waals surface area contributed by atoms with Gasteiger partial charge in [-0.1, -0.05) is 18.2 Å². The van der Waals surface area contributed by atoms with Gasteiger partial charge in [-0.3, -0.25) is 4.98 Å². The van der Waals surface area contributed by atoms with Gasteiger partial charge in [0.25, 0.3) is 0 Å². The van der Waals surface area contributed by atoms with E-state index < -0.39 is 6.10 Å². The van der Waals surface area contributed by atoms with Gasteiger partial charge in [-0.15, -0.1) is 0 Å². The highest BCUT2D eigenvalue weighted by Gasteiger charge is 2.08. The van der Waals surface area contributed by atoms with Gasteiger partial charge in [0.15, 0.2) is 0 Å². The summed E-state index contributed by atoms with van der Waals surface area (Å²) < 4.78 is 0. The second-order valence-electron chi connectivity index (χ2n) is 4.46. The minimum absolute atomic E-state index is 0.525. The van der Waals surface area contributed by atoms with Crippen LogP contribution < -0.4 is 4.90 Å². The summed E-state index contributed by atoms with van der Waals surface area (Å²) in [4.78, 5) is 6.35. The molecule has 2 aromatic rings. The van der Waals surface area contributed by atoms with Gasteiger partial charge in [-0.25, -0.2) is 0 Å². The van der Waals surface area contributed by atoms with Crippen molar-refractivity contribution in [3.05, 3.63) is 53.9 Å². The maximum atomic E-state index is 9.44. The van der Waals surface area contributed by atoms with Crippen LogP contribution in [0.1, 0.15) is 24.3 Å². The highest BCUT2D eigenvalue weighted by atomic mass is 16.3. The number of hydrogen-bond donors (Lipinski definition) is 1. The Morgan fingerprint density at radius 1 is 1.17 bits per heavy atom. The molecule has 1 heterocycles. The molecular formula is C15H18N2O. The molecule has 3 heteroatoms. The lowest BCUT2D eigenvalue weighted by atomic mass is 10.1. The smallest absolute Gasteiger partial charge is 0.0931 e. The number of aliphatic hydroxyl groups is 1. The van der Waals surface area contributed by atoms with E-state index in [0.717, 1.165) is 11.4 Å². The predicted octanol–water partition coefficient (Wildman–Crippen LogP) is 3.21. The van der Waals surface area contributed by atoms with Crippen molar-refractivity contribution in [2.45, 2.75) is 20.0 Å². The third-order valence-electron chi connectivity index (χ3n) is 3.06. The lowest BCUT2D eigenvalue weighted by Gasteiger charge is -2.21. The molecule has 0 aliphatic rings. The van der Waals surface area contributed by atoms with Crippen LogP contribution in [0.3, 0.4) is 0 Å². The fraction of sp³-hybridized carbons (Fsp3) is 0.267. The topological polar surface area (TPSA) is 36.4 Å². The van der Waals surface area contributed by atoms with Gasteiger partial charge in [-0.2, -0.15) is 0 Å². The van der Waals surface area contributed by atoms with E-state index in [1.165, 1.54) is 5.56 Å². The van der Waals surface area contributed by atoms with Crippen LogP contribution in [0, 0.1) is 6.92 Å². The van der Waals surface area contributed by atoms with Crippen LogP contribution in [-0.2, 0) is 0 Å². The van der Waals surface area contributed by atoms with Crippen LogP contribution in [-0.4, -0.2) is 17.1 Å². The number of nitrogens with zero attached hydrogens (tertiary/aromatic N) is 2. The van der Waals surface area contributed by atoms with Crippen molar-refractivity contribution in [1.29, 1.82) is 0 Å². The third kappa shape index (κ3) is 2.51.